The molecule has 21 heavy (non-hydrogen) atoms. The molecule has 0 saturated heterocycles. The van der Waals surface area contributed by atoms with E-state index in [1.165, 1.54) is 10.4 Å². The van der Waals surface area contributed by atoms with E-state index in [0.29, 0.717) is 0 Å². The molecule has 0 aliphatic rings. The molecule has 0 bridgehead atoms. The van der Waals surface area contributed by atoms with Crippen molar-refractivity contribution in [3.63, 3.8) is 0 Å². The van der Waals surface area contributed by atoms with Crippen LogP contribution in [-0.4, -0.2) is 11.1 Å². The Hall–Kier alpha value is -1.39. The van der Waals surface area contributed by atoms with Crippen LogP contribution in [0.25, 0.3) is 0 Å². The largest absolute Gasteiger partial charge is 0.491 e. The van der Waals surface area contributed by atoms with Gasteiger partial charge in [-0.05, 0) is 52.3 Å². The summed E-state index contributed by atoms with van der Waals surface area (Å²) in [5.74, 6) is 0.931. The van der Waals surface area contributed by atoms with Crippen molar-refractivity contribution in [2.75, 3.05) is 0 Å². The zero-order chi connectivity index (χ0) is 15.4. The minimum Gasteiger partial charge on any atom is -0.491 e. The number of benzene rings is 1. The summed E-state index contributed by atoms with van der Waals surface area (Å²) in [6, 6.07) is 8.58. The van der Waals surface area contributed by atoms with Crippen LogP contribution in [0, 0.1) is 13.8 Å². The SMILES string of the molecule is Cc1nc(C)c(CNC(C)c2cccc(OC(C)C)c2)s1. The van der Waals surface area contributed by atoms with Crippen molar-refractivity contribution < 1.29 is 4.74 Å². The first-order valence-electron chi connectivity index (χ1n) is 7.38. The highest BCUT2D eigenvalue weighted by Crippen LogP contribution is 2.22. The Morgan fingerprint density at radius 3 is 2.62 bits per heavy atom. The van der Waals surface area contributed by atoms with Crippen molar-refractivity contribution in [2.45, 2.75) is 53.3 Å². The molecule has 0 fully saturated rings. The third kappa shape index (κ3) is 4.55. The second-order valence-electron chi connectivity index (χ2n) is 5.58. The van der Waals surface area contributed by atoms with Gasteiger partial charge in [-0.3, -0.25) is 0 Å². The van der Waals surface area contributed by atoms with Gasteiger partial charge in [0, 0.05) is 17.5 Å². The Labute approximate surface area is 131 Å². The zero-order valence-electron chi connectivity index (χ0n) is 13.4. The van der Waals surface area contributed by atoms with E-state index in [-0.39, 0.29) is 12.1 Å². The van der Waals surface area contributed by atoms with Gasteiger partial charge in [-0.25, -0.2) is 4.98 Å². The van der Waals surface area contributed by atoms with Crippen molar-refractivity contribution in [3.05, 3.63) is 45.4 Å². The summed E-state index contributed by atoms with van der Waals surface area (Å²) in [4.78, 5) is 5.78. The summed E-state index contributed by atoms with van der Waals surface area (Å²) in [7, 11) is 0. The molecule has 0 aliphatic heterocycles. The van der Waals surface area contributed by atoms with Crippen LogP contribution in [-0.2, 0) is 6.54 Å². The highest BCUT2D eigenvalue weighted by molar-refractivity contribution is 7.11. The van der Waals surface area contributed by atoms with E-state index >= 15 is 0 Å². The van der Waals surface area contributed by atoms with Crippen LogP contribution in [0.1, 0.15) is 48.0 Å². The zero-order valence-corrected chi connectivity index (χ0v) is 14.3. The molecule has 2 aromatic rings. The highest BCUT2D eigenvalue weighted by Gasteiger charge is 2.09. The van der Waals surface area contributed by atoms with E-state index in [9.17, 15) is 0 Å². The number of nitrogens with zero attached hydrogens (tertiary/aromatic N) is 1. The number of nitrogens with one attached hydrogen (secondary N) is 1. The molecule has 4 heteroatoms. The molecule has 1 unspecified atom stereocenters. The maximum atomic E-state index is 5.75. The summed E-state index contributed by atoms with van der Waals surface area (Å²) in [5, 5.41) is 4.69. The first kappa shape index (κ1) is 16.0. The monoisotopic (exact) mass is 304 g/mol. The lowest BCUT2D eigenvalue weighted by molar-refractivity contribution is 0.242. The molecular weight excluding hydrogens is 280 g/mol. The summed E-state index contributed by atoms with van der Waals surface area (Å²) in [5.41, 5.74) is 2.38. The van der Waals surface area contributed by atoms with E-state index in [4.69, 9.17) is 4.74 Å². The van der Waals surface area contributed by atoms with Crippen LogP contribution >= 0.6 is 11.3 Å². The van der Waals surface area contributed by atoms with Crippen molar-refractivity contribution >= 4 is 11.3 Å². The van der Waals surface area contributed by atoms with Crippen molar-refractivity contribution in [1.29, 1.82) is 0 Å². The van der Waals surface area contributed by atoms with Gasteiger partial charge < -0.3 is 10.1 Å². The molecule has 0 spiro atoms. The molecule has 0 radical (unpaired) electrons. The molecule has 2 rings (SSSR count). The van der Waals surface area contributed by atoms with Crippen LogP contribution in [0.3, 0.4) is 0 Å². The predicted octanol–water partition coefficient (Wildman–Crippen LogP) is 4.40. The molecule has 1 atom stereocenters. The maximum Gasteiger partial charge on any atom is 0.120 e. The quantitative estimate of drug-likeness (QED) is 0.859. The highest BCUT2D eigenvalue weighted by atomic mass is 32.1. The topological polar surface area (TPSA) is 34.2 Å². The molecule has 3 nitrogen and oxygen atoms in total. The second-order valence-corrected chi connectivity index (χ2v) is 6.87. The average Bonchev–Trinajstić information content (AvgIpc) is 2.74. The number of aryl methyl sites for hydroxylation is 2. The number of thiazole rings is 1. The van der Waals surface area contributed by atoms with Gasteiger partial charge in [0.2, 0.25) is 0 Å². The number of rotatable bonds is 6. The lowest BCUT2D eigenvalue weighted by Crippen LogP contribution is -2.18. The van der Waals surface area contributed by atoms with E-state index in [1.807, 2.05) is 26.0 Å². The Morgan fingerprint density at radius 1 is 1.24 bits per heavy atom. The van der Waals surface area contributed by atoms with Gasteiger partial charge in [0.1, 0.15) is 5.75 Å². The van der Waals surface area contributed by atoms with E-state index in [1.54, 1.807) is 11.3 Å². The third-order valence-electron chi connectivity index (χ3n) is 3.30. The summed E-state index contributed by atoms with van der Waals surface area (Å²) >= 11 is 1.76. The first-order chi connectivity index (χ1) is 9.95. The van der Waals surface area contributed by atoms with Crippen molar-refractivity contribution in [2.24, 2.45) is 0 Å². The number of hydrogen-bond acceptors (Lipinski definition) is 4. The summed E-state index contributed by atoms with van der Waals surface area (Å²) < 4.78 is 5.75. The van der Waals surface area contributed by atoms with Crippen LogP contribution in [0.2, 0.25) is 0 Å². The van der Waals surface area contributed by atoms with Gasteiger partial charge in [0.25, 0.3) is 0 Å². The minimum atomic E-state index is 0.200. The van der Waals surface area contributed by atoms with Gasteiger partial charge in [0.05, 0.1) is 16.8 Å². The van der Waals surface area contributed by atoms with Crippen molar-refractivity contribution in [1.82, 2.24) is 10.3 Å². The molecule has 1 N–H and O–H groups in total. The van der Waals surface area contributed by atoms with Gasteiger partial charge in [-0.15, -0.1) is 11.3 Å². The minimum absolute atomic E-state index is 0.200. The Morgan fingerprint density at radius 2 is 2.00 bits per heavy atom. The molecular formula is C17H24N2OS. The van der Waals surface area contributed by atoms with Crippen LogP contribution in [0.4, 0.5) is 0 Å². The lowest BCUT2D eigenvalue weighted by atomic mass is 10.1. The Balaban J connectivity index is 1.99. The Kier molecular flexibility index (Phi) is 5.37. The molecule has 1 heterocycles. The second kappa shape index (κ2) is 7.05. The average molecular weight is 304 g/mol. The number of aromatic nitrogens is 1. The molecule has 1 aromatic carbocycles. The Bertz CT molecular complexity index is 592. The normalized spacial score (nSPS) is 12.7. The molecule has 0 amide bonds. The lowest BCUT2D eigenvalue weighted by Gasteiger charge is -2.16. The van der Waals surface area contributed by atoms with Crippen molar-refractivity contribution in [3.8, 4) is 5.75 Å². The van der Waals surface area contributed by atoms with Gasteiger partial charge in [-0.1, -0.05) is 12.1 Å². The number of ether oxygens (including phenoxy) is 1. The van der Waals surface area contributed by atoms with Gasteiger partial charge >= 0.3 is 0 Å². The maximum absolute atomic E-state index is 5.75. The fraction of sp³-hybridized carbons (Fsp3) is 0.471. The van der Waals surface area contributed by atoms with Crippen LogP contribution in [0.5, 0.6) is 5.75 Å². The van der Waals surface area contributed by atoms with E-state index in [2.05, 4.69) is 43.2 Å². The number of hydrogen-bond donors (Lipinski definition) is 1. The fourth-order valence-corrected chi connectivity index (χ4v) is 3.12. The molecule has 114 valence electrons. The predicted molar refractivity (Wildman–Crippen MR) is 89.0 cm³/mol. The summed E-state index contributed by atoms with van der Waals surface area (Å²) in [6.07, 6.45) is 0.200. The van der Waals surface area contributed by atoms with Gasteiger partial charge in [0.15, 0.2) is 0 Å². The third-order valence-corrected chi connectivity index (χ3v) is 4.37. The van der Waals surface area contributed by atoms with Gasteiger partial charge in [-0.2, -0.15) is 0 Å². The van der Waals surface area contributed by atoms with E-state index < -0.39 is 0 Å². The van der Waals surface area contributed by atoms with Crippen LogP contribution < -0.4 is 10.1 Å². The molecule has 0 saturated carbocycles. The molecule has 1 aromatic heterocycles. The standard InChI is InChI=1S/C17H24N2OS/c1-11(2)20-16-8-6-7-15(9-16)12(3)18-10-17-13(4)19-14(5)21-17/h6-9,11-12,18H,10H2,1-5H3. The van der Waals surface area contributed by atoms with E-state index in [0.717, 1.165) is 23.0 Å². The first-order valence-corrected chi connectivity index (χ1v) is 8.20. The molecule has 0 aliphatic carbocycles. The smallest absolute Gasteiger partial charge is 0.120 e. The van der Waals surface area contributed by atoms with Crippen LogP contribution in [0.15, 0.2) is 24.3 Å². The fourth-order valence-electron chi connectivity index (χ4n) is 2.23. The summed E-state index contributed by atoms with van der Waals surface area (Å²) in [6.45, 7) is 11.2.